The van der Waals surface area contributed by atoms with Crippen molar-refractivity contribution in [3.63, 3.8) is 0 Å². The standard InChI is InChI=1S/C16H21ClN2O3/c1-22-9-8-18-16(21)13-4-7-15(20)19(11-13)10-12-2-5-14(17)6-3-12/h2-3,5-6,13H,4,7-11H2,1H3,(H,18,21). The zero-order valence-electron chi connectivity index (χ0n) is 12.7. The van der Waals surface area contributed by atoms with Gasteiger partial charge in [-0.25, -0.2) is 0 Å². The molecule has 120 valence electrons. The maximum Gasteiger partial charge on any atom is 0.224 e. The summed E-state index contributed by atoms with van der Waals surface area (Å²) in [5.74, 6) is -0.0663. The zero-order valence-corrected chi connectivity index (χ0v) is 13.4. The van der Waals surface area contributed by atoms with E-state index < -0.39 is 0 Å². The van der Waals surface area contributed by atoms with E-state index in [-0.39, 0.29) is 17.7 Å². The molecule has 1 N–H and O–H groups in total. The lowest BCUT2D eigenvalue weighted by atomic mass is 9.96. The van der Waals surface area contributed by atoms with Crippen LogP contribution in [-0.4, -0.2) is 43.5 Å². The second-order valence-corrected chi connectivity index (χ2v) is 5.86. The molecule has 0 spiro atoms. The summed E-state index contributed by atoms with van der Waals surface area (Å²) in [6.45, 7) is 1.96. The zero-order chi connectivity index (χ0) is 15.9. The smallest absolute Gasteiger partial charge is 0.224 e. The monoisotopic (exact) mass is 324 g/mol. The first kappa shape index (κ1) is 16.8. The number of rotatable bonds is 6. The number of hydrogen-bond acceptors (Lipinski definition) is 3. The van der Waals surface area contributed by atoms with E-state index in [2.05, 4.69) is 5.32 Å². The molecule has 1 aromatic rings. The molecule has 1 heterocycles. The SMILES string of the molecule is COCCNC(=O)C1CCC(=O)N(Cc2ccc(Cl)cc2)C1. The average molecular weight is 325 g/mol. The average Bonchev–Trinajstić information content (AvgIpc) is 2.52. The van der Waals surface area contributed by atoms with Crippen LogP contribution in [0.4, 0.5) is 0 Å². The van der Waals surface area contributed by atoms with Crippen LogP contribution in [-0.2, 0) is 20.9 Å². The van der Waals surface area contributed by atoms with Crippen LogP contribution in [0.5, 0.6) is 0 Å². The highest BCUT2D eigenvalue weighted by molar-refractivity contribution is 6.30. The summed E-state index contributed by atoms with van der Waals surface area (Å²) in [6, 6.07) is 7.41. The van der Waals surface area contributed by atoms with Gasteiger partial charge in [0.2, 0.25) is 11.8 Å². The van der Waals surface area contributed by atoms with Gasteiger partial charge in [-0.2, -0.15) is 0 Å². The first-order valence-electron chi connectivity index (χ1n) is 7.39. The van der Waals surface area contributed by atoms with Crippen molar-refractivity contribution in [3.8, 4) is 0 Å². The number of benzene rings is 1. The number of halogens is 1. The van der Waals surface area contributed by atoms with E-state index in [1.54, 1.807) is 24.1 Å². The summed E-state index contributed by atoms with van der Waals surface area (Å²) < 4.78 is 4.92. The van der Waals surface area contributed by atoms with Crippen LogP contribution in [0, 0.1) is 5.92 Å². The van der Waals surface area contributed by atoms with Gasteiger partial charge in [-0.3, -0.25) is 9.59 Å². The molecule has 1 saturated heterocycles. The fourth-order valence-electron chi connectivity index (χ4n) is 2.51. The van der Waals surface area contributed by atoms with Crippen LogP contribution in [0.15, 0.2) is 24.3 Å². The largest absolute Gasteiger partial charge is 0.383 e. The van der Waals surface area contributed by atoms with Crippen LogP contribution in [0.1, 0.15) is 18.4 Å². The van der Waals surface area contributed by atoms with Crippen molar-refractivity contribution in [3.05, 3.63) is 34.9 Å². The summed E-state index contributed by atoms with van der Waals surface area (Å²) in [4.78, 5) is 25.9. The van der Waals surface area contributed by atoms with Gasteiger partial charge in [0, 0.05) is 38.2 Å². The first-order chi connectivity index (χ1) is 10.6. The van der Waals surface area contributed by atoms with E-state index in [9.17, 15) is 9.59 Å². The highest BCUT2D eigenvalue weighted by Crippen LogP contribution is 2.20. The minimum atomic E-state index is -0.151. The van der Waals surface area contributed by atoms with Crippen LogP contribution >= 0.6 is 11.6 Å². The van der Waals surface area contributed by atoms with Crippen LogP contribution in [0.25, 0.3) is 0 Å². The Hall–Kier alpha value is -1.59. The number of ether oxygens (including phenoxy) is 1. The Balaban J connectivity index is 1.91. The molecule has 0 saturated carbocycles. The minimum absolute atomic E-state index is 0.00865. The highest BCUT2D eigenvalue weighted by atomic mass is 35.5. The molecule has 6 heteroatoms. The maximum atomic E-state index is 12.1. The molecule has 0 aromatic heterocycles. The Kier molecular flexibility index (Phi) is 6.21. The molecule has 1 aliphatic heterocycles. The third-order valence-electron chi connectivity index (χ3n) is 3.76. The molecule has 5 nitrogen and oxygen atoms in total. The van der Waals surface area contributed by atoms with E-state index in [0.29, 0.717) is 44.1 Å². The molecule has 1 aliphatic rings. The molecule has 1 unspecified atom stereocenters. The van der Waals surface area contributed by atoms with E-state index in [0.717, 1.165) is 5.56 Å². The van der Waals surface area contributed by atoms with Crippen molar-refractivity contribution < 1.29 is 14.3 Å². The molecule has 1 aromatic carbocycles. The normalized spacial score (nSPS) is 18.4. The number of nitrogens with one attached hydrogen (secondary N) is 1. The Bertz CT molecular complexity index is 519. The maximum absolute atomic E-state index is 12.1. The third kappa shape index (κ3) is 4.71. The number of carbonyl (C=O) groups excluding carboxylic acids is 2. The van der Waals surface area contributed by atoms with Crippen molar-refractivity contribution in [2.45, 2.75) is 19.4 Å². The second-order valence-electron chi connectivity index (χ2n) is 5.42. The van der Waals surface area contributed by atoms with Crippen molar-refractivity contribution >= 4 is 23.4 Å². The summed E-state index contributed by atoms with van der Waals surface area (Å²) in [6.07, 6.45) is 1.02. The molecule has 1 atom stereocenters. The molecule has 0 bridgehead atoms. The van der Waals surface area contributed by atoms with E-state index in [1.807, 2.05) is 12.1 Å². The van der Waals surface area contributed by atoms with Gasteiger partial charge in [-0.1, -0.05) is 23.7 Å². The number of piperidine rings is 1. The quantitative estimate of drug-likeness (QED) is 0.812. The Morgan fingerprint density at radius 2 is 2.14 bits per heavy atom. The number of methoxy groups -OCH3 is 1. The number of likely N-dealkylation sites (tertiary alicyclic amines) is 1. The van der Waals surface area contributed by atoms with Crippen molar-refractivity contribution in [2.24, 2.45) is 5.92 Å². The number of hydrogen-bond donors (Lipinski definition) is 1. The van der Waals surface area contributed by atoms with Gasteiger partial charge in [0.05, 0.1) is 12.5 Å². The summed E-state index contributed by atoms with van der Waals surface area (Å²) in [7, 11) is 1.60. The van der Waals surface area contributed by atoms with Gasteiger partial charge in [0.15, 0.2) is 0 Å². The van der Waals surface area contributed by atoms with Gasteiger partial charge >= 0.3 is 0 Å². The second kappa shape index (κ2) is 8.15. The molecule has 22 heavy (non-hydrogen) atoms. The first-order valence-corrected chi connectivity index (χ1v) is 7.77. The predicted molar refractivity (Wildman–Crippen MR) is 84.5 cm³/mol. The minimum Gasteiger partial charge on any atom is -0.383 e. The molecular formula is C16H21ClN2O3. The number of carbonyl (C=O) groups is 2. The molecular weight excluding hydrogens is 304 g/mol. The van der Waals surface area contributed by atoms with Gasteiger partial charge in [0.1, 0.15) is 0 Å². The Labute approximate surface area is 135 Å². The molecule has 1 fully saturated rings. The molecule has 0 radical (unpaired) electrons. The van der Waals surface area contributed by atoms with Gasteiger partial charge in [-0.05, 0) is 24.1 Å². The Morgan fingerprint density at radius 1 is 1.41 bits per heavy atom. The van der Waals surface area contributed by atoms with Crippen LogP contribution in [0.3, 0.4) is 0 Å². The highest BCUT2D eigenvalue weighted by Gasteiger charge is 2.29. The lowest BCUT2D eigenvalue weighted by Gasteiger charge is -2.32. The van der Waals surface area contributed by atoms with Gasteiger partial charge in [0.25, 0.3) is 0 Å². The van der Waals surface area contributed by atoms with Crippen LogP contribution < -0.4 is 5.32 Å². The summed E-state index contributed by atoms with van der Waals surface area (Å²) in [5.41, 5.74) is 1.01. The molecule has 2 amide bonds. The van der Waals surface area contributed by atoms with Gasteiger partial charge < -0.3 is 15.0 Å². The van der Waals surface area contributed by atoms with E-state index >= 15 is 0 Å². The van der Waals surface area contributed by atoms with Crippen molar-refractivity contribution in [2.75, 3.05) is 26.8 Å². The summed E-state index contributed by atoms with van der Waals surface area (Å²) >= 11 is 5.86. The van der Waals surface area contributed by atoms with Crippen molar-refractivity contribution in [1.29, 1.82) is 0 Å². The number of amides is 2. The third-order valence-corrected chi connectivity index (χ3v) is 4.02. The van der Waals surface area contributed by atoms with E-state index in [4.69, 9.17) is 16.3 Å². The lowest BCUT2D eigenvalue weighted by Crippen LogP contribution is -2.45. The lowest BCUT2D eigenvalue weighted by molar-refractivity contribution is -0.138. The van der Waals surface area contributed by atoms with Crippen molar-refractivity contribution in [1.82, 2.24) is 10.2 Å². The number of nitrogens with zero attached hydrogens (tertiary/aromatic N) is 1. The fraction of sp³-hybridized carbons (Fsp3) is 0.500. The predicted octanol–water partition coefficient (Wildman–Crippen LogP) is 1.84. The molecule has 0 aliphatic carbocycles. The Morgan fingerprint density at radius 3 is 2.82 bits per heavy atom. The van der Waals surface area contributed by atoms with Crippen LogP contribution in [0.2, 0.25) is 5.02 Å². The fourth-order valence-corrected chi connectivity index (χ4v) is 2.64. The van der Waals surface area contributed by atoms with E-state index in [1.165, 1.54) is 0 Å². The summed E-state index contributed by atoms with van der Waals surface area (Å²) in [5, 5.41) is 3.51. The molecule has 2 rings (SSSR count). The topological polar surface area (TPSA) is 58.6 Å². The van der Waals surface area contributed by atoms with Gasteiger partial charge in [-0.15, -0.1) is 0 Å².